The van der Waals surface area contributed by atoms with Crippen molar-refractivity contribution in [2.75, 3.05) is 7.11 Å². The molecule has 0 unspecified atom stereocenters. The largest absolute Gasteiger partial charge is 0.496 e. The third-order valence-corrected chi connectivity index (χ3v) is 5.64. The summed E-state index contributed by atoms with van der Waals surface area (Å²) in [5, 5.41) is 2.99. The summed E-state index contributed by atoms with van der Waals surface area (Å²) in [5.41, 5.74) is 2.55. The Morgan fingerprint density at radius 1 is 0.912 bits per heavy atom. The van der Waals surface area contributed by atoms with E-state index in [1.165, 1.54) is 12.1 Å². The minimum Gasteiger partial charge on any atom is -0.496 e. The normalized spacial score (nSPS) is 11.7. The van der Waals surface area contributed by atoms with Crippen LogP contribution in [0.5, 0.6) is 5.75 Å². The summed E-state index contributed by atoms with van der Waals surface area (Å²) in [6, 6.07) is 22.4. The fourth-order valence-corrected chi connectivity index (χ4v) is 3.79. The van der Waals surface area contributed by atoms with Gasteiger partial charge in [-0.3, -0.25) is 9.59 Å². The molecular weight excluding hydrogens is 431 g/mol. The van der Waals surface area contributed by atoms with Gasteiger partial charge in [-0.05, 0) is 29.3 Å². The van der Waals surface area contributed by atoms with Crippen molar-refractivity contribution in [2.45, 2.75) is 39.4 Å². The van der Waals surface area contributed by atoms with E-state index in [1.54, 1.807) is 24.1 Å². The van der Waals surface area contributed by atoms with E-state index in [-0.39, 0.29) is 36.6 Å². The van der Waals surface area contributed by atoms with Crippen molar-refractivity contribution < 1.29 is 18.7 Å². The molecule has 178 valence electrons. The van der Waals surface area contributed by atoms with E-state index in [4.69, 9.17) is 4.74 Å². The van der Waals surface area contributed by atoms with Gasteiger partial charge in [-0.1, -0.05) is 74.5 Å². The number of nitrogens with one attached hydrogen (secondary N) is 1. The van der Waals surface area contributed by atoms with Gasteiger partial charge in [0.2, 0.25) is 11.8 Å². The molecule has 0 spiro atoms. The predicted octanol–water partition coefficient (Wildman–Crippen LogP) is 4.75. The quantitative estimate of drug-likeness (QED) is 0.473. The fourth-order valence-electron chi connectivity index (χ4n) is 3.79. The van der Waals surface area contributed by atoms with E-state index in [2.05, 4.69) is 5.32 Å². The molecule has 1 atom stereocenters. The minimum absolute atomic E-state index is 0.141. The van der Waals surface area contributed by atoms with E-state index in [1.807, 2.05) is 68.4 Å². The zero-order valence-electron chi connectivity index (χ0n) is 19.8. The molecule has 3 aromatic rings. The summed E-state index contributed by atoms with van der Waals surface area (Å²) in [5.74, 6) is -0.367. The molecule has 1 N–H and O–H groups in total. The van der Waals surface area contributed by atoms with Crippen molar-refractivity contribution in [3.8, 4) is 5.75 Å². The molecule has 2 amide bonds. The lowest BCUT2D eigenvalue weighted by Gasteiger charge is -2.33. The van der Waals surface area contributed by atoms with E-state index in [0.717, 1.165) is 16.7 Å². The van der Waals surface area contributed by atoms with Crippen LogP contribution >= 0.6 is 0 Å². The van der Waals surface area contributed by atoms with Crippen LogP contribution in [0.3, 0.4) is 0 Å². The molecule has 0 saturated carbocycles. The number of nitrogens with zero attached hydrogens (tertiary/aromatic N) is 1. The Kier molecular flexibility index (Phi) is 8.79. The van der Waals surface area contributed by atoms with Crippen LogP contribution in [0, 0.1) is 11.7 Å². The molecule has 3 aromatic carbocycles. The average molecular weight is 463 g/mol. The molecule has 0 aliphatic carbocycles. The third kappa shape index (κ3) is 6.67. The Hall–Kier alpha value is -3.67. The molecule has 0 aromatic heterocycles. The minimum atomic E-state index is -0.739. The molecule has 0 fully saturated rings. The van der Waals surface area contributed by atoms with Crippen molar-refractivity contribution in [3.05, 3.63) is 101 Å². The highest BCUT2D eigenvalue weighted by atomic mass is 19.1. The summed E-state index contributed by atoms with van der Waals surface area (Å²) in [6.45, 7) is 4.10. The van der Waals surface area contributed by atoms with Gasteiger partial charge in [0.15, 0.2) is 0 Å². The molecule has 3 rings (SSSR count). The summed E-state index contributed by atoms with van der Waals surface area (Å²) in [6.07, 6.45) is 0.359. The number of carbonyl (C=O) groups is 2. The van der Waals surface area contributed by atoms with Crippen LogP contribution in [0.1, 0.15) is 30.5 Å². The fraction of sp³-hybridized carbons (Fsp3) is 0.286. The number of ether oxygens (including phenoxy) is 1. The maximum absolute atomic E-state index is 13.5. The van der Waals surface area contributed by atoms with Gasteiger partial charge in [0.25, 0.3) is 0 Å². The smallest absolute Gasteiger partial charge is 0.243 e. The standard InChI is InChI=1S/C28H31FN2O3/c1-20(2)28(33)31(19-22-13-15-24(29)16-14-22)25(17-21-9-5-4-6-10-21)27(32)30-18-23-11-7-8-12-26(23)34-3/h4-16,20,25H,17-19H2,1-3H3,(H,30,32)/t25-/m0/s1. The van der Waals surface area contributed by atoms with Crippen LogP contribution < -0.4 is 10.1 Å². The average Bonchev–Trinajstić information content (AvgIpc) is 2.86. The SMILES string of the molecule is COc1ccccc1CNC(=O)[C@H](Cc1ccccc1)N(Cc1ccc(F)cc1)C(=O)C(C)C. The number of para-hydroxylation sites is 1. The predicted molar refractivity (Wildman–Crippen MR) is 131 cm³/mol. The van der Waals surface area contributed by atoms with Gasteiger partial charge in [-0.25, -0.2) is 4.39 Å². The second-order valence-electron chi connectivity index (χ2n) is 8.48. The van der Waals surface area contributed by atoms with E-state index >= 15 is 0 Å². The Morgan fingerprint density at radius 2 is 1.56 bits per heavy atom. The molecule has 0 bridgehead atoms. The topological polar surface area (TPSA) is 58.6 Å². The summed E-state index contributed by atoms with van der Waals surface area (Å²) in [7, 11) is 1.59. The van der Waals surface area contributed by atoms with E-state index < -0.39 is 6.04 Å². The second-order valence-corrected chi connectivity index (χ2v) is 8.48. The van der Waals surface area contributed by atoms with Crippen molar-refractivity contribution >= 4 is 11.8 Å². The molecule has 0 radical (unpaired) electrons. The van der Waals surface area contributed by atoms with Crippen LogP contribution in [0.2, 0.25) is 0 Å². The lowest BCUT2D eigenvalue weighted by molar-refractivity contribution is -0.143. The first kappa shape index (κ1) is 25.0. The van der Waals surface area contributed by atoms with Gasteiger partial charge in [0, 0.05) is 31.0 Å². The highest BCUT2D eigenvalue weighted by molar-refractivity contribution is 5.88. The van der Waals surface area contributed by atoms with Crippen molar-refractivity contribution in [3.63, 3.8) is 0 Å². The number of halogens is 1. The number of hydrogen-bond donors (Lipinski definition) is 1. The van der Waals surface area contributed by atoms with Crippen LogP contribution in [-0.4, -0.2) is 29.9 Å². The van der Waals surface area contributed by atoms with Gasteiger partial charge in [0.05, 0.1) is 7.11 Å². The molecule has 0 aliphatic rings. The first-order chi connectivity index (χ1) is 16.4. The number of benzene rings is 3. The van der Waals surface area contributed by atoms with Gasteiger partial charge < -0.3 is 15.0 Å². The van der Waals surface area contributed by atoms with Crippen molar-refractivity contribution in [1.29, 1.82) is 0 Å². The molecular formula is C28H31FN2O3. The molecule has 34 heavy (non-hydrogen) atoms. The van der Waals surface area contributed by atoms with Gasteiger partial charge in [-0.2, -0.15) is 0 Å². The first-order valence-corrected chi connectivity index (χ1v) is 11.4. The van der Waals surface area contributed by atoms with Gasteiger partial charge in [-0.15, -0.1) is 0 Å². The third-order valence-electron chi connectivity index (χ3n) is 5.64. The monoisotopic (exact) mass is 462 g/mol. The molecule has 0 aliphatic heterocycles. The molecule has 5 nitrogen and oxygen atoms in total. The maximum Gasteiger partial charge on any atom is 0.243 e. The summed E-state index contributed by atoms with van der Waals surface area (Å²) < 4.78 is 18.8. The highest BCUT2D eigenvalue weighted by Crippen LogP contribution is 2.20. The van der Waals surface area contributed by atoms with Crippen LogP contribution in [0.15, 0.2) is 78.9 Å². The number of rotatable bonds is 10. The molecule has 0 heterocycles. The number of hydrogen-bond acceptors (Lipinski definition) is 3. The maximum atomic E-state index is 13.5. The number of amides is 2. The van der Waals surface area contributed by atoms with Crippen molar-refractivity contribution in [2.24, 2.45) is 5.92 Å². The lowest BCUT2D eigenvalue weighted by atomic mass is 10.0. The molecule has 6 heteroatoms. The Bertz CT molecular complexity index is 1080. The number of carbonyl (C=O) groups excluding carboxylic acids is 2. The summed E-state index contributed by atoms with van der Waals surface area (Å²) in [4.78, 5) is 28.4. The van der Waals surface area contributed by atoms with Crippen LogP contribution in [0.4, 0.5) is 4.39 Å². The summed E-state index contributed by atoms with van der Waals surface area (Å²) >= 11 is 0. The number of methoxy groups -OCH3 is 1. The Morgan fingerprint density at radius 3 is 2.21 bits per heavy atom. The second kappa shape index (κ2) is 12.0. The highest BCUT2D eigenvalue weighted by Gasteiger charge is 2.31. The van der Waals surface area contributed by atoms with Crippen LogP contribution in [0.25, 0.3) is 0 Å². The lowest BCUT2D eigenvalue weighted by Crippen LogP contribution is -2.51. The Balaban J connectivity index is 1.90. The molecule has 0 saturated heterocycles. The van der Waals surface area contributed by atoms with Crippen molar-refractivity contribution in [1.82, 2.24) is 10.2 Å². The Labute approximate surface area is 200 Å². The van der Waals surface area contributed by atoms with Crippen LogP contribution in [-0.2, 0) is 29.1 Å². The first-order valence-electron chi connectivity index (χ1n) is 11.4. The zero-order valence-corrected chi connectivity index (χ0v) is 19.8. The van der Waals surface area contributed by atoms with Gasteiger partial charge in [0.1, 0.15) is 17.6 Å². The van der Waals surface area contributed by atoms with Gasteiger partial charge >= 0.3 is 0 Å². The van der Waals surface area contributed by atoms with E-state index in [9.17, 15) is 14.0 Å². The van der Waals surface area contributed by atoms with E-state index in [0.29, 0.717) is 12.2 Å². The zero-order chi connectivity index (χ0) is 24.5.